The van der Waals surface area contributed by atoms with Gasteiger partial charge in [0.1, 0.15) is 22.8 Å². The maximum Gasteiger partial charge on any atom is 0.135 e. The smallest absolute Gasteiger partial charge is 0.135 e. The minimum absolute atomic E-state index is 0.509. The molecular weight excluding hydrogens is 582 g/mol. The Morgan fingerprint density at radius 1 is 0.298 bits per heavy atom. The molecule has 9 rings (SSSR count). The lowest BCUT2D eigenvalue weighted by atomic mass is 9.86. The van der Waals surface area contributed by atoms with Crippen molar-refractivity contribution >= 4 is 43.5 Å². The van der Waals surface area contributed by atoms with Gasteiger partial charge in [0.15, 0.2) is 0 Å². The second-order valence-electron chi connectivity index (χ2n) is 12.0. The quantitative estimate of drug-likeness (QED) is 0.181. The Morgan fingerprint density at radius 2 is 0.723 bits per heavy atom. The lowest BCUT2D eigenvalue weighted by molar-refractivity contribution is 0.584. The zero-order valence-electron chi connectivity index (χ0n) is 25.2. The first-order chi connectivity index (χ1) is 23.1. The Balaban J connectivity index is 1.20. The fraction of sp³-hybridized carbons (Fsp3) is 0. The average Bonchev–Trinajstić information content (AvgIpc) is 3.48. The summed E-state index contributed by atoms with van der Waals surface area (Å²) in [7, 11) is 0. The highest BCUT2D eigenvalue weighted by Crippen LogP contribution is 2.45. The van der Waals surface area contributed by atoms with Gasteiger partial charge in [-0.1, -0.05) is 115 Å². The fourth-order valence-corrected chi connectivity index (χ4v) is 7.04. The summed E-state index contributed by atoms with van der Waals surface area (Å²) in [4.78, 5) is 0. The van der Waals surface area contributed by atoms with E-state index in [-0.39, 0.29) is 0 Å². The summed E-state index contributed by atoms with van der Waals surface area (Å²) < 4.78 is 34.0. The average molecular weight is 609 g/mol. The lowest BCUT2D eigenvalue weighted by Crippen LogP contribution is -1.90. The number of hydrogen-bond donors (Lipinski definition) is 0. The van der Waals surface area contributed by atoms with Gasteiger partial charge in [-0.2, -0.15) is 0 Å². The number of hydrogen-bond acceptors (Lipinski definition) is 1. The lowest BCUT2D eigenvalue weighted by Gasteiger charge is -2.17. The van der Waals surface area contributed by atoms with Crippen molar-refractivity contribution in [2.45, 2.75) is 0 Å². The van der Waals surface area contributed by atoms with Gasteiger partial charge >= 0.3 is 0 Å². The van der Waals surface area contributed by atoms with Gasteiger partial charge in [-0.15, -0.1) is 0 Å². The van der Waals surface area contributed by atoms with Gasteiger partial charge in [-0.25, -0.2) is 8.78 Å². The van der Waals surface area contributed by atoms with Crippen LogP contribution in [0.3, 0.4) is 0 Å². The van der Waals surface area contributed by atoms with Gasteiger partial charge in [0.25, 0.3) is 0 Å². The molecule has 0 aliphatic heterocycles. The highest BCUT2D eigenvalue weighted by Gasteiger charge is 2.18. The maximum absolute atomic E-state index is 13.8. The van der Waals surface area contributed by atoms with E-state index in [1.54, 1.807) is 0 Å². The number of halogens is 2. The predicted octanol–water partition coefficient (Wildman–Crippen LogP) is 12.8. The van der Waals surface area contributed by atoms with Crippen molar-refractivity contribution < 1.29 is 13.2 Å². The normalized spacial score (nSPS) is 11.6. The van der Waals surface area contributed by atoms with Gasteiger partial charge in [0, 0.05) is 16.8 Å². The molecule has 47 heavy (non-hydrogen) atoms. The van der Waals surface area contributed by atoms with Crippen LogP contribution in [-0.4, -0.2) is 0 Å². The third-order valence-corrected chi connectivity index (χ3v) is 9.17. The van der Waals surface area contributed by atoms with E-state index < -0.39 is 11.6 Å². The molecule has 8 aromatic carbocycles. The molecule has 222 valence electrons. The van der Waals surface area contributed by atoms with Crippen molar-refractivity contribution in [2.24, 2.45) is 0 Å². The minimum atomic E-state index is -0.589. The molecule has 0 bridgehead atoms. The van der Waals surface area contributed by atoms with Gasteiger partial charge in [0.2, 0.25) is 0 Å². The van der Waals surface area contributed by atoms with Crippen LogP contribution in [0, 0.1) is 11.6 Å². The van der Waals surface area contributed by atoms with E-state index >= 15 is 0 Å². The van der Waals surface area contributed by atoms with Crippen LogP contribution in [0.15, 0.2) is 162 Å². The van der Waals surface area contributed by atoms with Crippen molar-refractivity contribution in [3.63, 3.8) is 0 Å². The molecule has 0 saturated carbocycles. The summed E-state index contributed by atoms with van der Waals surface area (Å²) in [5.41, 5.74) is 9.73. The highest BCUT2D eigenvalue weighted by atomic mass is 19.1. The number of fused-ring (bicyclic) bond motifs is 5. The Labute approximate surface area is 270 Å². The molecule has 0 aliphatic carbocycles. The molecule has 1 heterocycles. The molecule has 3 heteroatoms. The maximum atomic E-state index is 13.8. The van der Waals surface area contributed by atoms with Crippen LogP contribution in [0.4, 0.5) is 8.78 Å². The largest absolute Gasteiger partial charge is 0.456 e. The Kier molecular flexibility index (Phi) is 6.26. The zero-order chi connectivity index (χ0) is 31.5. The topological polar surface area (TPSA) is 13.1 Å². The van der Waals surface area contributed by atoms with Crippen molar-refractivity contribution in [1.29, 1.82) is 0 Å². The van der Waals surface area contributed by atoms with Crippen LogP contribution in [0.5, 0.6) is 0 Å². The van der Waals surface area contributed by atoms with Crippen molar-refractivity contribution in [3.8, 4) is 44.5 Å². The second-order valence-corrected chi connectivity index (χ2v) is 12.0. The molecule has 1 nitrogen and oxygen atoms in total. The van der Waals surface area contributed by atoms with Gasteiger partial charge in [-0.3, -0.25) is 0 Å². The van der Waals surface area contributed by atoms with Crippen LogP contribution in [0.1, 0.15) is 0 Å². The number of rotatable bonds is 4. The Morgan fingerprint density at radius 3 is 1.28 bits per heavy atom. The van der Waals surface area contributed by atoms with E-state index in [1.807, 2.05) is 36.4 Å². The van der Waals surface area contributed by atoms with Gasteiger partial charge < -0.3 is 4.42 Å². The molecule has 1 aromatic heterocycles. The number of furan rings is 1. The summed E-state index contributed by atoms with van der Waals surface area (Å²) in [6.45, 7) is 0. The molecule has 0 N–H and O–H groups in total. The minimum Gasteiger partial charge on any atom is -0.456 e. The summed E-state index contributed by atoms with van der Waals surface area (Å²) in [6.07, 6.45) is 0. The zero-order valence-corrected chi connectivity index (χ0v) is 25.2. The second kappa shape index (κ2) is 10.8. The molecule has 0 atom stereocenters. The van der Waals surface area contributed by atoms with Crippen LogP contribution in [-0.2, 0) is 0 Å². The van der Waals surface area contributed by atoms with Gasteiger partial charge in [0.05, 0.1) is 0 Å². The fourth-order valence-electron chi connectivity index (χ4n) is 7.04. The number of benzene rings is 8. The van der Waals surface area contributed by atoms with Gasteiger partial charge in [-0.05, 0) is 102 Å². The highest BCUT2D eigenvalue weighted by molar-refractivity contribution is 6.22. The molecule has 0 fully saturated rings. The molecular formula is C44H26F2O. The van der Waals surface area contributed by atoms with E-state index in [0.29, 0.717) is 5.56 Å². The molecule has 0 amide bonds. The van der Waals surface area contributed by atoms with E-state index in [0.717, 1.165) is 50.3 Å². The van der Waals surface area contributed by atoms with E-state index in [4.69, 9.17) is 4.42 Å². The standard InChI is InChI=1S/C44H26F2O/c45-33-22-32(23-34(46)26-33)28-16-14-27(15-17-28)30-18-20-41-39(24-30)40-25-31(19-21-42(40)47-41)44-37-12-6-4-10-35(37)43(29-8-2-1-3-9-29)36-11-5-7-13-38(36)44/h1-26H. The molecule has 0 spiro atoms. The van der Waals surface area contributed by atoms with E-state index in [2.05, 4.69) is 103 Å². The molecule has 9 aromatic rings. The predicted molar refractivity (Wildman–Crippen MR) is 190 cm³/mol. The third kappa shape index (κ3) is 4.59. The van der Waals surface area contributed by atoms with Crippen LogP contribution in [0.2, 0.25) is 0 Å². The third-order valence-electron chi connectivity index (χ3n) is 9.17. The first-order valence-corrected chi connectivity index (χ1v) is 15.6. The van der Waals surface area contributed by atoms with Crippen molar-refractivity contribution in [2.75, 3.05) is 0 Å². The summed E-state index contributed by atoms with van der Waals surface area (Å²) in [6, 6.07) is 52.0. The van der Waals surface area contributed by atoms with Crippen molar-refractivity contribution in [3.05, 3.63) is 169 Å². The molecule has 0 radical (unpaired) electrons. The first kappa shape index (κ1) is 27.3. The molecule has 0 unspecified atom stereocenters. The molecule has 0 saturated heterocycles. The monoisotopic (exact) mass is 608 g/mol. The summed E-state index contributed by atoms with van der Waals surface area (Å²) >= 11 is 0. The Bertz CT molecular complexity index is 2560. The van der Waals surface area contributed by atoms with Crippen LogP contribution in [0.25, 0.3) is 88.0 Å². The van der Waals surface area contributed by atoms with Crippen LogP contribution >= 0.6 is 0 Å². The molecule has 0 aliphatic rings. The first-order valence-electron chi connectivity index (χ1n) is 15.6. The van der Waals surface area contributed by atoms with E-state index in [1.165, 1.54) is 50.4 Å². The van der Waals surface area contributed by atoms with E-state index in [9.17, 15) is 8.78 Å². The summed E-state index contributed by atoms with van der Waals surface area (Å²) in [5, 5.41) is 6.93. The Hall–Kier alpha value is -6.06. The SMILES string of the molecule is Fc1cc(F)cc(-c2ccc(-c3ccc4oc5ccc(-c6c7ccccc7c(-c7ccccc7)c7ccccc67)cc5c4c3)cc2)c1. The van der Waals surface area contributed by atoms with Crippen LogP contribution < -0.4 is 0 Å². The summed E-state index contributed by atoms with van der Waals surface area (Å²) in [5.74, 6) is -1.18. The van der Waals surface area contributed by atoms with Crippen molar-refractivity contribution in [1.82, 2.24) is 0 Å².